The van der Waals surface area contributed by atoms with Crippen LogP contribution in [0, 0.1) is 0 Å². The molecule has 2 aromatic carbocycles. The van der Waals surface area contributed by atoms with E-state index >= 15 is 0 Å². The van der Waals surface area contributed by atoms with E-state index < -0.39 is 0 Å². The minimum atomic E-state index is -0.274. The molecule has 0 bridgehead atoms. The summed E-state index contributed by atoms with van der Waals surface area (Å²) in [5, 5.41) is 9.24. The second-order valence-electron chi connectivity index (χ2n) is 5.69. The van der Waals surface area contributed by atoms with Gasteiger partial charge in [0.2, 0.25) is 5.91 Å². The summed E-state index contributed by atoms with van der Waals surface area (Å²) in [6.45, 7) is 1.11. The number of methoxy groups -OCH3 is 1. The fourth-order valence-electron chi connectivity index (χ4n) is 2.28. The van der Waals surface area contributed by atoms with Gasteiger partial charge in [-0.2, -0.15) is 0 Å². The number of hydrogen-bond acceptors (Lipinski definition) is 4. The van der Waals surface area contributed by atoms with Crippen molar-refractivity contribution in [3.63, 3.8) is 0 Å². The molecule has 0 aliphatic heterocycles. The van der Waals surface area contributed by atoms with Crippen LogP contribution in [0.25, 0.3) is 0 Å². The number of amides is 2. The Morgan fingerprint density at radius 3 is 2.67 bits per heavy atom. The van der Waals surface area contributed by atoms with Crippen LogP contribution in [0.1, 0.15) is 16.8 Å². The molecule has 0 fully saturated rings. The second-order valence-corrected chi connectivity index (χ2v) is 6.47. The Morgan fingerprint density at radius 1 is 1.11 bits per heavy atom. The van der Waals surface area contributed by atoms with E-state index in [9.17, 15) is 9.59 Å². The molecule has 2 aromatic rings. The first-order chi connectivity index (χ1) is 13.0. The first-order valence-corrected chi connectivity index (χ1v) is 9.12. The average molecular weight is 410 g/mol. The molecule has 0 spiro atoms. The first kappa shape index (κ1) is 21.0. The van der Waals surface area contributed by atoms with Crippen molar-refractivity contribution >= 4 is 46.4 Å². The fraction of sp³-hybridized carbons (Fsp3) is 0.263. The predicted molar refractivity (Wildman–Crippen MR) is 109 cm³/mol. The van der Waals surface area contributed by atoms with Crippen LogP contribution < -0.4 is 16.0 Å². The molecule has 0 unspecified atom stereocenters. The molecule has 27 heavy (non-hydrogen) atoms. The monoisotopic (exact) mass is 409 g/mol. The van der Waals surface area contributed by atoms with Crippen LogP contribution in [0.2, 0.25) is 10.0 Å². The number of nitrogens with one attached hydrogen (secondary N) is 3. The number of halogens is 2. The molecule has 3 N–H and O–H groups in total. The second kappa shape index (κ2) is 10.8. The maximum absolute atomic E-state index is 12.1. The lowest BCUT2D eigenvalue weighted by molar-refractivity contribution is -0.114. The van der Waals surface area contributed by atoms with Crippen molar-refractivity contribution in [2.45, 2.75) is 6.42 Å². The van der Waals surface area contributed by atoms with Crippen LogP contribution in [-0.4, -0.2) is 38.6 Å². The normalized spacial score (nSPS) is 10.3. The third kappa shape index (κ3) is 6.75. The van der Waals surface area contributed by atoms with Gasteiger partial charge in [0.1, 0.15) is 0 Å². The molecule has 0 saturated heterocycles. The van der Waals surface area contributed by atoms with Gasteiger partial charge < -0.3 is 20.7 Å². The summed E-state index contributed by atoms with van der Waals surface area (Å²) in [5.74, 6) is -0.477. The van der Waals surface area contributed by atoms with Gasteiger partial charge in [0.25, 0.3) is 5.91 Å². The smallest absolute Gasteiger partial charge is 0.251 e. The van der Waals surface area contributed by atoms with Crippen molar-refractivity contribution in [1.29, 1.82) is 0 Å². The van der Waals surface area contributed by atoms with Gasteiger partial charge in [0, 0.05) is 31.5 Å². The minimum Gasteiger partial charge on any atom is -0.385 e. The number of carbonyl (C=O) groups excluding carboxylic acids is 2. The highest BCUT2D eigenvalue weighted by Gasteiger charge is 2.09. The van der Waals surface area contributed by atoms with Crippen LogP contribution in [0.5, 0.6) is 0 Å². The van der Waals surface area contributed by atoms with Gasteiger partial charge in [-0.3, -0.25) is 9.59 Å². The van der Waals surface area contributed by atoms with Gasteiger partial charge in [0.15, 0.2) is 0 Å². The molecule has 0 aliphatic carbocycles. The van der Waals surface area contributed by atoms with Crippen LogP contribution in [0.4, 0.5) is 11.4 Å². The van der Waals surface area contributed by atoms with E-state index in [1.807, 2.05) is 0 Å². The van der Waals surface area contributed by atoms with Gasteiger partial charge in [-0.1, -0.05) is 35.3 Å². The largest absolute Gasteiger partial charge is 0.385 e. The summed E-state index contributed by atoms with van der Waals surface area (Å²) >= 11 is 12.0. The van der Waals surface area contributed by atoms with E-state index in [1.54, 1.807) is 49.6 Å². The van der Waals surface area contributed by atoms with Crippen molar-refractivity contribution in [2.75, 3.05) is 37.4 Å². The fourth-order valence-corrected chi connectivity index (χ4v) is 2.65. The third-order valence-electron chi connectivity index (χ3n) is 3.61. The van der Waals surface area contributed by atoms with E-state index in [-0.39, 0.29) is 18.4 Å². The standard InChI is InChI=1S/C19H21Cl2N3O3/c1-27-10-4-9-22-19(26)13-5-2-6-14(11-13)24-17(25)12-23-16-8-3-7-15(20)18(16)21/h2-3,5-8,11,23H,4,9-10,12H2,1H3,(H,22,26)(H,24,25). The van der Waals surface area contributed by atoms with Crippen LogP contribution in [0.3, 0.4) is 0 Å². The highest BCUT2D eigenvalue weighted by molar-refractivity contribution is 6.43. The molecule has 0 saturated carbocycles. The summed E-state index contributed by atoms with van der Waals surface area (Å²) in [4.78, 5) is 24.3. The highest BCUT2D eigenvalue weighted by atomic mass is 35.5. The number of benzene rings is 2. The molecule has 0 heterocycles. The SMILES string of the molecule is COCCCNC(=O)c1cccc(NC(=O)CNc2cccc(Cl)c2Cl)c1. The first-order valence-electron chi connectivity index (χ1n) is 8.36. The van der Waals surface area contributed by atoms with Crippen molar-refractivity contribution in [2.24, 2.45) is 0 Å². The Kier molecular flexibility index (Phi) is 8.39. The Labute approximate surface area is 168 Å². The van der Waals surface area contributed by atoms with Gasteiger partial charge in [-0.15, -0.1) is 0 Å². The lowest BCUT2D eigenvalue weighted by Gasteiger charge is -2.11. The molecular weight excluding hydrogens is 389 g/mol. The van der Waals surface area contributed by atoms with Gasteiger partial charge in [0.05, 0.1) is 22.3 Å². The van der Waals surface area contributed by atoms with Crippen molar-refractivity contribution < 1.29 is 14.3 Å². The lowest BCUT2D eigenvalue weighted by Crippen LogP contribution is -2.25. The quantitative estimate of drug-likeness (QED) is 0.550. The van der Waals surface area contributed by atoms with Crippen molar-refractivity contribution in [1.82, 2.24) is 5.32 Å². The maximum Gasteiger partial charge on any atom is 0.251 e. The Balaban J connectivity index is 1.88. The molecule has 8 heteroatoms. The number of carbonyl (C=O) groups is 2. The molecular formula is C19H21Cl2N3O3. The maximum atomic E-state index is 12.1. The van der Waals surface area contributed by atoms with Crippen LogP contribution in [0.15, 0.2) is 42.5 Å². The zero-order chi connectivity index (χ0) is 19.6. The molecule has 0 aliphatic rings. The molecule has 2 rings (SSSR count). The van der Waals surface area contributed by atoms with E-state index in [0.29, 0.717) is 40.1 Å². The molecule has 6 nitrogen and oxygen atoms in total. The van der Waals surface area contributed by atoms with E-state index in [0.717, 1.165) is 6.42 Å². The van der Waals surface area contributed by atoms with Gasteiger partial charge in [-0.25, -0.2) is 0 Å². The summed E-state index contributed by atoms with van der Waals surface area (Å²) in [6.07, 6.45) is 0.733. The summed E-state index contributed by atoms with van der Waals surface area (Å²) < 4.78 is 4.94. The topological polar surface area (TPSA) is 79.5 Å². The van der Waals surface area contributed by atoms with Crippen molar-refractivity contribution in [3.8, 4) is 0 Å². The molecule has 2 amide bonds. The number of anilines is 2. The molecule has 0 radical (unpaired) electrons. The van der Waals surface area contributed by atoms with Crippen molar-refractivity contribution in [3.05, 3.63) is 58.1 Å². The van der Waals surface area contributed by atoms with Crippen LogP contribution in [-0.2, 0) is 9.53 Å². The van der Waals surface area contributed by atoms with Crippen LogP contribution >= 0.6 is 23.2 Å². The number of rotatable bonds is 9. The number of hydrogen-bond donors (Lipinski definition) is 3. The predicted octanol–water partition coefficient (Wildman–Crippen LogP) is 3.81. The summed E-state index contributed by atoms with van der Waals surface area (Å²) in [5.41, 5.74) is 1.57. The van der Waals surface area contributed by atoms with E-state index in [1.165, 1.54) is 0 Å². The lowest BCUT2D eigenvalue weighted by atomic mass is 10.2. The van der Waals surface area contributed by atoms with E-state index in [2.05, 4.69) is 16.0 Å². The summed E-state index contributed by atoms with van der Waals surface area (Å²) in [7, 11) is 1.61. The average Bonchev–Trinajstić information content (AvgIpc) is 2.66. The van der Waals surface area contributed by atoms with Gasteiger partial charge in [-0.05, 0) is 36.8 Å². The molecule has 144 valence electrons. The Hall–Kier alpha value is -2.28. The molecule has 0 aromatic heterocycles. The number of ether oxygens (including phenoxy) is 1. The Morgan fingerprint density at radius 2 is 1.89 bits per heavy atom. The van der Waals surface area contributed by atoms with E-state index in [4.69, 9.17) is 27.9 Å². The molecule has 0 atom stereocenters. The summed E-state index contributed by atoms with van der Waals surface area (Å²) in [6, 6.07) is 11.9. The zero-order valence-electron chi connectivity index (χ0n) is 14.9. The van der Waals surface area contributed by atoms with Gasteiger partial charge >= 0.3 is 0 Å². The zero-order valence-corrected chi connectivity index (χ0v) is 16.4. The minimum absolute atomic E-state index is 0.00744. The third-order valence-corrected chi connectivity index (χ3v) is 4.43. The Bertz CT molecular complexity index is 800. The highest BCUT2D eigenvalue weighted by Crippen LogP contribution is 2.29.